The number of hydrogen-bond acceptors (Lipinski definition) is 4. The zero-order valence-electron chi connectivity index (χ0n) is 17.2. The number of carbonyl (C=O) groups excluding carboxylic acids is 1. The number of guanidine groups is 1. The Hall–Kier alpha value is -1.36. The van der Waals surface area contributed by atoms with Crippen LogP contribution in [0.2, 0.25) is 0 Å². The van der Waals surface area contributed by atoms with Gasteiger partial charge in [-0.1, -0.05) is 24.3 Å². The molecule has 2 N–H and O–H groups in total. The molecule has 0 saturated heterocycles. The van der Waals surface area contributed by atoms with E-state index in [1.807, 2.05) is 49.9 Å². The molecule has 0 radical (unpaired) electrons. The van der Waals surface area contributed by atoms with E-state index in [0.717, 1.165) is 30.8 Å². The van der Waals surface area contributed by atoms with Crippen molar-refractivity contribution in [3.05, 3.63) is 35.4 Å². The average Bonchev–Trinajstić information content (AvgIpc) is 2.60. The van der Waals surface area contributed by atoms with Gasteiger partial charge in [-0.3, -0.25) is 4.79 Å². The second kappa shape index (κ2) is 13.8. The van der Waals surface area contributed by atoms with Gasteiger partial charge in [0.2, 0.25) is 5.91 Å². The Morgan fingerprint density at radius 1 is 1.04 bits per heavy atom. The quantitative estimate of drug-likeness (QED) is 0.278. The predicted octanol–water partition coefficient (Wildman–Crippen LogP) is 2.16. The number of rotatable bonds is 10. The topological polar surface area (TPSA) is 90.9 Å². The molecule has 0 heterocycles. The molecule has 160 valence electrons. The maximum atomic E-state index is 12.0. The monoisotopic (exact) mass is 524 g/mol. The first kappa shape index (κ1) is 26.6. The summed E-state index contributed by atoms with van der Waals surface area (Å²) in [7, 11) is -3.03. The molecule has 0 unspecified atom stereocenters. The summed E-state index contributed by atoms with van der Waals surface area (Å²) >= 11 is 0. The number of amides is 1. The summed E-state index contributed by atoms with van der Waals surface area (Å²) in [6.07, 6.45) is 1.65. The van der Waals surface area contributed by atoms with Crippen LogP contribution < -0.4 is 10.6 Å². The zero-order chi connectivity index (χ0) is 20.3. The van der Waals surface area contributed by atoms with E-state index in [1.165, 1.54) is 6.26 Å². The first-order valence-electron chi connectivity index (χ1n) is 9.34. The van der Waals surface area contributed by atoms with Crippen molar-refractivity contribution in [1.82, 2.24) is 15.5 Å². The fourth-order valence-corrected chi connectivity index (χ4v) is 3.38. The third-order valence-corrected chi connectivity index (χ3v) is 4.82. The highest BCUT2D eigenvalue weighted by Gasteiger charge is 2.09. The van der Waals surface area contributed by atoms with Gasteiger partial charge in [0.25, 0.3) is 0 Å². The molecule has 0 fully saturated rings. The van der Waals surface area contributed by atoms with Crippen LogP contribution >= 0.6 is 24.0 Å². The van der Waals surface area contributed by atoms with E-state index in [4.69, 9.17) is 0 Å². The highest BCUT2D eigenvalue weighted by molar-refractivity contribution is 14.0. The lowest BCUT2D eigenvalue weighted by molar-refractivity contribution is -0.130. The Kier molecular flexibility index (Phi) is 13.1. The van der Waals surface area contributed by atoms with E-state index in [2.05, 4.69) is 15.6 Å². The minimum Gasteiger partial charge on any atom is -0.357 e. The molecule has 0 aliphatic rings. The van der Waals surface area contributed by atoms with Gasteiger partial charge in [0.05, 0.1) is 12.3 Å². The van der Waals surface area contributed by atoms with Crippen LogP contribution in [-0.2, 0) is 26.9 Å². The maximum absolute atomic E-state index is 12.0. The Bertz CT molecular complexity index is 717. The van der Waals surface area contributed by atoms with E-state index >= 15 is 0 Å². The fraction of sp³-hybridized carbons (Fsp3) is 0.579. The van der Waals surface area contributed by atoms with Crippen molar-refractivity contribution in [2.45, 2.75) is 39.5 Å². The number of hydrogen-bond donors (Lipinski definition) is 2. The summed E-state index contributed by atoms with van der Waals surface area (Å²) in [4.78, 5) is 18.4. The van der Waals surface area contributed by atoms with Gasteiger partial charge in [-0.05, 0) is 31.9 Å². The number of nitrogens with zero attached hydrogens (tertiary/aromatic N) is 2. The van der Waals surface area contributed by atoms with Crippen molar-refractivity contribution in [2.24, 2.45) is 4.99 Å². The number of benzene rings is 1. The first-order chi connectivity index (χ1) is 12.8. The smallest absolute Gasteiger partial charge is 0.224 e. The van der Waals surface area contributed by atoms with Gasteiger partial charge >= 0.3 is 0 Å². The van der Waals surface area contributed by atoms with Gasteiger partial charge in [0.1, 0.15) is 0 Å². The fourth-order valence-electron chi connectivity index (χ4n) is 2.58. The van der Waals surface area contributed by atoms with Gasteiger partial charge in [0.15, 0.2) is 15.8 Å². The summed E-state index contributed by atoms with van der Waals surface area (Å²) in [5.41, 5.74) is 1.76. The molecule has 1 aromatic carbocycles. The molecule has 0 spiro atoms. The molecule has 0 saturated carbocycles. The van der Waals surface area contributed by atoms with Crippen molar-refractivity contribution in [3.8, 4) is 0 Å². The average molecular weight is 524 g/mol. The lowest BCUT2D eigenvalue weighted by Gasteiger charge is -2.19. The summed E-state index contributed by atoms with van der Waals surface area (Å²) in [5.74, 6) is 0.830. The van der Waals surface area contributed by atoms with Crippen molar-refractivity contribution in [1.29, 1.82) is 0 Å². The SMILES string of the molecule is CCNC(=NCc1ccc(CS(C)(=O)=O)cc1)NCCC(=O)N(CC)CC.I. The molecule has 0 atom stereocenters. The lowest BCUT2D eigenvalue weighted by Crippen LogP contribution is -2.40. The standard InChI is InChI=1S/C19H32N4O3S.HI/c1-5-20-19(21-13-12-18(24)23(6-2)7-3)22-14-16-8-10-17(11-9-16)15-27(4,25)26;/h8-11H,5-7,12-15H2,1-4H3,(H2,20,21,22);1H. The third-order valence-electron chi connectivity index (χ3n) is 3.96. The number of aliphatic imine (C=N–C) groups is 1. The molecule has 1 aromatic rings. The van der Waals surface area contributed by atoms with Gasteiger partial charge in [-0.25, -0.2) is 13.4 Å². The van der Waals surface area contributed by atoms with Crippen LogP contribution in [0, 0.1) is 0 Å². The van der Waals surface area contributed by atoms with Crippen LogP contribution in [0.1, 0.15) is 38.3 Å². The highest BCUT2D eigenvalue weighted by Crippen LogP contribution is 2.08. The Morgan fingerprint density at radius 3 is 2.11 bits per heavy atom. The van der Waals surface area contributed by atoms with Gasteiger partial charge < -0.3 is 15.5 Å². The minimum atomic E-state index is -3.03. The highest BCUT2D eigenvalue weighted by atomic mass is 127. The summed E-state index contributed by atoms with van der Waals surface area (Å²) in [5, 5.41) is 6.34. The second-order valence-corrected chi connectivity index (χ2v) is 8.46. The zero-order valence-corrected chi connectivity index (χ0v) is 20.3. The van der Waals surface area contributed by atoms with E-state index in [-0.39, 0.29) is 35.6 Å². The largest absolute Gasteiger partial charge is 0.357 e. The molecule has 0 aromatic heterocycles. The first-order valence-corrected chi connectivity index (χ1v) is 11.4. The van der Waals surface area contributed by atoms with E-state index in [0.29, 0.717) is 25.5 Å². The van der Waals surface area contributed by atoms with Crippen LogP contribution in [0.25, 0.3) is 0 Å². The summed E-state index contributed by atoms with van der Waals surface area (Å²) < 4.78 is 22.7. The van der Waals surface area contributed by atoms with Crippen molar-refractivity contribution >= 4 is 45.7 Å². The number of halogens is 1. The molecule has 28 heavy (non-hydrogen) atoms. The Labute approximate surface area is 186 Å². The van der Waals surface area contributed by atoms with E-state index in [1.54, 1.807) is 0 Å². The maximum Gasteiger partial charge on any atom is 0.224 e. The normalized spacial score (nSPS) is 11.5. The molecular formula is C19H33IN4O3S. The molecule has 1 amide bonds. The molecule has 7 nitrogen and oxygen atoms in total. The molecular weight excluding hydrogens is 491 g/mol. The van der Waals surface area contributed by atoms with Crippen LogP contribution in [-0.4, -0.2) is 57.6 Å². The van der Waals surface area contributed by atoms with Gasteiger partial charge in [-0.2, -0.15) is 0 Å². The van der Waals surface area contributed by atoms with E-state index in [9.17, 15) is 13.2 Å². The van der Waals surface area contributed by atoms with E-state index < -0.39 is 9.84 Å². The number of carbonyl (C=O) groups is 1. The second-order valence-electron chi connectivity index (χ2n) is 6.32. The van der Waals surface area contributed by atoms with Gasteiger partial charge in [-0.15, -0.1) is 24.0 Å². The summed E-state index contributed by atoms with van der Waals surface area (Å²) in [6.45, 7) is 9.09. The Balaban J connectivity index is 0.00000729. The number of sulfone groups is 1. The molecule has 0 aliphatic carbocycles. The van der Waals surface area contributed by atoms with Crippen molar-refractivity contribution in [3.63, 3.8) is 0 Å². The van der Waals surface area contributed by atoms with Crippen LogP contribution in [0.4, 0.5) is 0 Å². The summed E-state index contributed by atoms with van der Waals surface area (Å²) in [6, 6.07) is 7.40. The molecule has 0 aliphatic heterocycles. The number of nitrogens with one attached hydrogen (secondary N) is 2. The third kappa shape index (κ3) is 10.8. The van der Waals surface area contributed by atoms with Crippen LogP contribution in [0.15, 0.2) is 29.3 Å². The van der Waals surface area contributed by atoms with Crippen molar-refractivity contribution < 1.29 is 13.2 Å². The van der Waals surface area contributed by atoms with Crippen molar-refractivity contribution in [2.75, 3.05) is 32.4 Å². The Morgan fingerprint density at radius 2 is 1.61 bits per heavy atom. The molecule has 9 heteroatoms. The molecule has 0 bridgehead atoms. The molecule has 1 rings (SSSR count). The van der Waals surface area contributed by atoms with Gasteiger partial charge in [0, 0.05) is 38.9 Å². The lowest BCUT2D eigenvalue weighted by atomic mass is 10.1. The van der Waals surface area contributed by atoms with Crippen LogP contribution in [0.3, 0.4) is 0 Å². The predicted molar refractivity (Wildman–Crippen MR) is 126 cm³/mol. The minimum absolute atomic E-state index is 0. The van der Waals surface area contributed by atoms with Crippen LogP contribution in [0.5, 0.6) is 0 Å².